The van der Waals surface area contributed by atoms with Gasteiger partial charge in [-0.15, -0.1) is 0 Å². The number of carbonyl (C=O) groups is 1. The molecule has 3 aromatic rings. The fourth-order valence-electron chi connectivity index (χ4n) is 3.65. The number of ether oxygens (including phenoxy) is 3. The Bertz CT molecular complexity index is 1310. The molecule has 0 fully saturated rings. The molecule has 0 unspecified atom stereocenters. The highest BCUT2D eigenvalue weighted by molar-refractivity contribution is 7.92. The maximum atomic E-state index is 13.4. The minimum Gasteiger partial charge on any atom is -0.476 e. The van der Waals surface area contributed by atoms with Crippen molar-refractivity contribution in [2.75, 3.05) is 17.6 Å². The average Bonchev–Trinajstić information content (AvgIpc) is 3.30. The molecule has 0 spiro atoms. The summed E-state index contributed by atoms with van der Waals surface area (Å²) < 4.78 is 44.5. The monoisotopic (exact) mass is 486 g/mol. The minimum absolute atomic E-state index is 0.0723. The summed E-state index contributed by atoms with van der Waals surface area (Å²) in [6.45, 7) is 0.217. The third kappa shape index (κ3) is 4.17. The number of carbonyl (C=O) groups excluding carboxylic acids is 1. The van der Waals surface area contributed by atoms with Gasteiger partial charge in [0.2, 0.25) is 6.79 Å². The van der Waals surface area contributed by atoms with E-state index >= 15 is 0 Å². The molecule has 170 valence electrons. The number of fused-ring (bicyclic) bond motifs is 2. The second-order valence-corrected chi connectivity index (χ2v) is 9.77. The van der Waals surface area contributed by atoms with Gasteiger partial charge in [-0.05, 0) is 54.1 Å². The number of benzene rings is 3. The Morgan fingerprint density at radius 1 is 1.00 bits per heavy atom. The van der Waals surface area contributed by atoms with Crippen molar-refractivity contribution in [3.63, 3.8) is 0 Å². The summed E-state index contributed by atoms with van der Waals surface area (Å²) in [4.78, 5) is 13.0. The normalized spacial score (nSPS) is 16.6. The molecule has 2 heterocycles. The first-order valence-corrected chi connectivity index (χ1v) is 11.9. The van der Waals surface area contributed by atoms with Crippen LogP contribution in [0.4, 0.5) is 5.69 Å². The zero-order chi connectivity index (χ0) is 23.0. The Hall–Kier alpha value is -3.43. The van der Waals surface area contributed by atoms with E-state index in [0.29, 0.717) is 28.0 Å². The molecule has 0 aromatic heterocycles. The molecule has 0 bridgehead atoms. The molecule has 5 rings (SSSR count). The van der Waals surface area contributed by atoms with Crippen LogP contribution in [0.3, 0.4) is 0 Å². The third-order valence-electron chi connectivity index (χ3n) is 5.33. The van der Waals surface area contributed by atoms with Crippen LogP contribution in [0.15, 0.2) is 71.6 Å². The molecule has 0 saturated heterocycles. The Balaban J connectivity index is 1.37. The minimum atomic E-state index is -3.95. The van der Waals surface area contributed by atoms with E-state index in [0.717, 1.165) is 5.56 Å². The van der Waals surface area contributed by atoms with E-state index in [1.165, 1.54) is 28.6 Å². The highest BCUT2D eigenvalue weighted by Crippen LogP contribution is 2.37. The molecule has 0 saturated carbocycles. The second kappa shape index (κ2) is 8.49. The van der Waals surface area contributed by atoms with Crippen molar-refractivity contribution in [1.82, 2.24) is 5.32 Å². The lowest BCUT2D eigenvalue weighted by Crippen LogP contribution is -2.50. The van der Waals surface area contributed by atoms with Gasteiger partial charge in [0.1, 0.15) is 5.75 Å². The molecule has 1 N–H and O–H groups in total. The molecule has 33 heavy (non-hydrogen) atoms. The van der Waals surface area contributed by atoms with Crippen molar-refractivity contribution in [3.8, 4) is 17.2 Å². The van der Waals surface area contributed by atoms with Crippen LogP contribution in [-0.2, 0) is 21.4 Å². The SMILES string of the molecule is O=C(NCc1ccc2c(c1)OCO2)[C@H]1CN(S(=O)(=O)c2ccc(Cl)cc2)c2ccccc2O1. The van der Waals surface area contributed by atoms with Gasteiger partial charge < -0.3 is 19.5 Å². The van der Waals surface area contributed by atoms with E-state index in [4.69, 9.17) is 25.8 Å². The van der Waals surface area contributed by atoms with Gasteiger partial charge in [0.25, 0.3) is 15.9 Å². The van der Waals surface area contributed by atoms with Crippen molar-refractivity contribution in [1.29, 1.82) is 0 Å². The van der Waals surface area contributed by atoms with E-state index in [2.05, 4.69) is 5.32 Å². The van der Waals surface area contributed by atoms with Gasteiger partial charge in [0.15, 0.2) is 17.6 Å². The number of sulfonamides is 1. The van der Waals surface area contributed by atoms with E-state index in [9.17, 15) is 13.2 Å². The predicted octanol–water partition coefficient (Wildman–Crippen LogP) is 3.34. The van der Waals surface area contributed by atoms with E-state index in [-0.39, 0.29) is 24.8 Å². The molecule has 2 aliphatic heterocycles. The smallest absolute Gasteiger partial charge is 0.264 e. The van der Waals surface area contributed by atoms with Crippen LogP contribution < -0.4 is 23.8 Å². The fourth-order valence-corrected chi connectivity index (χ4v) is 5.26. The predicted molar refractivity (Wildman–Crippen MR) is 121 cm³/mol. The van der Waals surface area contributed by atoms with Gasteiger partial charge >= 0.3 is 0 Å². The van der Waals surface area contributed by atoms with Crippen LogP contribution in [0.5, 0.6) is 17.2 Å². The maximum absolute atomic E-state index is 13.4. The first-order chi connectivity index (χ1) is 15.9. The molecule has 1 amide bonds. The number of rotatable bonds is 5. The quantitative estimate of drug-likeness (QED) is 0.594. The van der Waals surface area contributed by atoms with Crippen LogP contribution in [0.25, 0.3) is 0 Å². The largest absolute Gasteiger partial charge is 0.476 e. The second-order valence-electron chi connectivity index (χ2n) is 7.47. The maximum Gasteiger partial charge on any atom is 0.264 e. The number of amides is 1. The van der Waals surface area contributed by atoms with Gasteiger partial charge in [0.05, 0.1) is 17.1 Å². The lowest BCUT2D eigenvalue weighted by atomic mass is 10.2. The van der Waals surface area contributed by atoms with E-state index in [1.807, 2.05) is 6.07 Å². The lowest BCUT2D eigenvalue weighted by molar-refractivity contribution is -0.127. The summed E-state index contributed by atoms with van der Waals surface area (Å²) in [5.74, 6) is 1.15. The Morgan fingerprint density at radius 3 is 2.58 bits per heavy atom. The van der Waals surface area contributed by atoms with Gasteiger partial charge in [0, 0.05) is 11.6 Å². The zero-order valence-electron chi connectivity index (χ0n) is 17.2. The van der Waals surface area contributed by atoms with Crippen molar-refractivity contribution >= 4 is 33.2 Å². The van der Waals surface area contributed by atoms with Crippen molar-refractivity contribution in [2.45, 2.75) is 17.5 Å². The number of anilines is 1. The molecule has 10 heteroatoms. The summed E-state index contributed by atoms with van der Waals surface area (Å²) in [7, 11) is -3.95. The zero-order valence-corrected chi connectivity index (χ0v) is 18.8. The molecule has 1 atom stereocenters. The number of hydrogen-bond acceptors (Lipinski definition) is 6. The first kappa shape index (κ1) is 21.4. The topological polar surface area (TPSA) is 94.2 Å². The molecule has 8 nitrogen and oxygen atoms in total. The highest BCUT2D eigenvalue weighted by Gasteiger charge is 2.37. The molecule has 0 radical (unpaired) electrons. The van der Waals surface area contributed by atoms with Crippen LogP contribution >= 0.6 is 11.6 Å². The van der Waals surface area contributed by atoms with E-state index in [1.54, 1.807) is 36.4 Å². The fraction of sp³-hybridized carbons (Fsp3) is 0.174. The lowest BCUT2D eigenvalue weighted by Gasteiger charge is -2.34. The van der Waals surface area contributed by atoms with Crippen molar-refractivity contribution in [2.24, 2.45) is 0 Å². The van der Waals surface area contributed by atoms with Gasteiger partial charge in [-0.2, -0.15) is 0 Å². The van der Waals surface area contributed by atoms with Crippen LogP contribution in [0.1, 0.15) is 5.56 Å². The van der Waals surface area contributed by atoms with Gasteiger partial charge in [-0.25, -0.2) is 8.42 Å². The summed E-state index contributed by atoms with van der Waals surface area (Å²) >= 11 is 5.91. The Morgan fingerprint density at radius 2 is 1.76 bits per heavy atom. The van der Waals surface area contributed by atoms with Gasteiger partial charge in [-0.3, -0.25) is 9.10 Å². The van der Waals surface area contributed by atoms with Crippen molar-refractivity contribution < 1.29 is 27.4 Å². The third-order valence-corrected chi connectivity index (χ3v) is 7.38. The Kier molecular flexibility index (Phi) is 5.51. The van der Waals surface area contributed by atoms with Crippen molar-refractivity contribution in [3.05, 3.63) is 77.3 Å². The molecular formula is C23H19ClN2O6S. The molecule has 0 aliphatic carbocycles. The number of nitrogens with one attached hydrogen (secondary N) is 1. The van der Waals surface area contributed by atoms with E-state index < -0.39 is 22.0 Å². The Labute approximate surface area is 195 Å². The summed E-state index contributed by atoms with van der Waals surface area (Å²) in [5.41, 5.74) is 1.18. The summed E-state index contributed by atoms with van der Waals surface area (Å²) in [6.07, 6.45) is -1.03. The number of halogens is 1. The number of para-hydroxylation sites is 2. The summed E-state index contributed by atoms with van der Waals surface area (Å²) in [6, 6.07) is 18.0. The standard InChI is InChI=1S/C23H19ClN2O6S/c24-16-6-8-17(9-7-16)33(28,29)26-13-22(32-19-4-2-1-3-18(19)26)23(27)25-12-15-5-10-20-21(11-15)31-14-30-20/h1-11,22H,12-14H2,(H,25,27)/t22-/m1/s1. The molecule has 2 aliphatic rings. The molecular weight excluding hydrogens is 468 g/mol. The van der Waals surface area contributed by atoms with Gasteiger partial charge in [-0.1, -0.05) is 29.8 Å². The summed E-state index contributed by atoms with van der Waals surface area (Å²) in [5, 5.41) is 3.24. The average molecular weight is 487 g/mol. The molecule has 3 aromatic carbocycles. The van der Waals surface area contributed by atoms with Crippen LogP contribution in [-0.4, -0.2) is 33.8 Å². The first-order valence-electron chi connectivity index (χ1n) is 10.1. The van der Waals surface area contributed by atoms with Crippen LogP contribution in [0, 0.1) is 0 Å². The van der Waals surface area contributed by atoms with Crippen LogP contribution in [0.2, 0.25) is 5.02 Å². The number of nitrogens with zero attached hydrogens (tertiary/aromatic N) is 1. The number of hydrogen-bond donors (Lipinski definition) is 1. The highest BCUT2D eigenvalue weighted by atomic mass is 35.5.